The first-order valence-electron chi connectivity index (χ1n) is 6.98. The normalized spacial score (nSPS) is 12.1. The van der Waals surface area contributed by atoms with Gasteiger partial charge in [0.2, 0.25) is 5.91 Å². The quantitative estimate of drug-likeness (QED) is 0.835. The number of hydrogen-bond donors (Lipinski definition) is 1. The summed E-state index contributed by atoms with van der Waals surface area (Å²) in [5, 5.41) is 3.01. The minimum atomic E-state index is 0.0842. The summed E-state index contributed by atoms with van der Waals surface area (Å²) in [6, 6.07) is 5.94. The molecule has 0 heterocycles. The summed E-state index contributed by atoms with van der Waals surface area (Å²) in [6.07, 6.45) is 1.17. The van der Waals surface area contributed by atoms with Gasteiger partial charge < -0.3 is 14.8 Å². The van der Waals surface area contributed by atoms with Crippen molar-refractivity contribution in [3.63, 3.8) is 0 Å². The van der Waals surface area contributed by atoms with Crippen molar-refractivity contribution < 1.29 is 14.3 Å². The van der Waals surface area contributed by atoms with Crippen molar-refractivity contribution in [3.05, 3.63) is 23.8 Å². The molecule has 1 amide bonds. The van der Waals surface area contributed by atoms with Gasteiger partial charge in [0.05, 0.1) is 14.2 Å². The zero-order valence-corrected chi connectivity index (χ0v) is 13.0. The highest BCUT2D eigenvalue weighted by Gasteiger charge is 2.11. The van der Waals surface area contributed by atoms with Crippen molar-refractivity contribution >= 4 is 5.91 Å². The Morgan fingerprint density at radius 1 is 1.15 bits per heavy atom. The van der Waals surface area contributed by atoms with Crippen LogP contribution in [0.2, 0.25) is 0 Å². The third-order valence-corrected chi connectivity index (χ3v) is 3.48. The molecule has 0 aliphatic heterocycles. The maximum atomic E-state index is 11.8. The molecule has 0 aliphatic carbocycles. The molecule has 20 heavy (non-hydrogen) atoms. The highest BCUT2D eigenvalue weighted by molar-refractivity contribution is 5.76. The maximum Gasteiger partial charge on any atom is 0.220 e. The molecule has 0 aromatic heterocycles. The van der Waals surface area contributed by atoms with E-state index in [1.54, 1.807) is 14.2 Å². The predicted octanol–water partition coefficient (Wildman–Crippen LogP) is 2.80. The number of carbonyl (C=O) groups is 1. The van der Waals surface area contributed by atoms with Crippen LogP contribution in [0, 0.1) is 5.92 Å². The standard InChI is InChI=1S/C16H25NO3/c1-11(2)12(3)17-16(18)9-7-13-6-8-14(19-4)15(10-13)20-5/h6,8,10-12H,7,9H2,1-5H3,(H,17,18). The van der Waals surface area contributed by atoms with Gasteiger partial charge in [-0.05, 0) is 37.0 Å². The summed E-state index contributed by atoms with van der Waals surface area (Å²) >= 11 is 0. The van der Waals surface area contributed by atoms with E-state index in [1.165, 1.54) is 0 Å². The molecule has 1 atom stereocenters. The molecule has 0 fully saturated rings. The Hall–Kier alpha value is -1.71. The van der Waals surface area contributed by atoms with Gasteiger partial charge in [-0.25, -0.2) is 0 Å². The summed E-state index contributed by atoms with van der Waals surface area (Å²) in [7, 11) is 3.22. The van der Waals surface area contributed by atoms with Crippen molar-refractivity contribution in [2.24, 2.45) is 5.92 Å². The van der Waals surface area contributed by atoms with Crippen molar-refractivity contribution in [1.82, 2.24) is 5.32 Å². The lowest BCUT2D eigenvalue weighted by Gasteiger charge is -2.17. The molecule has 1 rings (SSSR count). The number of benzene rings is 1. The Labute approximate surface area is 121 Å². The molecule has 1 aromatic carbocycles. The SMILES string of the molecule is COc1ccc(CCC(=O)NC(C)C(C)C)cc1OC. The average molecular weight is 279 g/mol. The van der Waals surface area contributed by atoms with Gasteiger partial charge in [0.1, 0.15) is 0 Å². The Morgan fingerprint density at radius 2 is 1.80 bits per heavy atom. The van der Waals surface area contributed by atoms with Crippen molar-refractivity contribution in [2.75, 3.05) is 14.2 Å². The van der Waals surface area contributed by atoms with Crippen molar-refractivity contribution in [3.8, 4) is 11.5 Å². The number of amides is 1. The molecule has 0 spiro atoms. The van der Waals surface area contributed by atoms with E-state index in [9.17, 15) is 4.79 Å². The summed E-state index contributed by atoms with van der Waals surface area (Å²) in [5.74, 6) is 1.93. The van der Waals surface area contributed by atoms with Crippen LogP contribution in [0.25, 0.3) is 0 Å². The van der Waals surface area contributed by atoms with Crippen LogP contribution >= 0.6 is 0 Å². The number of nitrogens with one attached hydrogen (secondary N) is 1. The van der Waals surface area contributed by atoms with Gasteiger partial charge in [-0.15, -0.1) is 0 Å². The molecule has 4 heteroatoms. The Morgan fingerprint density at radius 3 is 2.35 bits per heavy atom. The largest absolute Gasteiger partial charge is 0.493 e. The molecule has 0 saturated heterocycles. The molecule has 1 N–H and O–H groups in total. The molecular weight excluding hydrogens is 254 g/mol. The second-order valence-corrected chi connectivity index (χ2v) is 5.29. The highest BCUT2D eigenvalue weighted by atomic mass is 16.5. The second kappa shape index (κ2) is 7.78. The number of rotatable bonds is 7. The predicted molar refractivity (Wildman–Crippen MR) is 80.3 cm³/mol. The van der Waals surface area contributed by atoms with Crippen LogP contribution in [0.3, 0.4) is 0 Å². The van der Waals surface area contributed by atoms with Crippen molar-refractivity contribution in [1.29, 1.82) is 0 Å². The van der Waals surface area contributed by atoms with E-state index < -0.39 is 0 Å². The number of carbonyl (C=O) groups excluding carboxylic acids is 1. The lowest BCUT2D eigenvalue weighted by Crippen LogP contribution is -2.36. The van der Waals surface area contributed by atoms with E-state index >= 15 is 0 Å². The van der Waals surface area contributed by atoms with Crippen LogP contribution in [-0.2, 0) is 11.2 Å². The van der Waals surface area contributed by atoms with E-state index in [-0.39, 0.29) is 11.9 Å². The van der Waals surface area contributed by atoms with Crippen LogP contribution in [0.1, 0.15) is 32.8 Å². The van der Waals surface area contributed by atoms with E-state index in [2.05, 4.69) is 19.2 Å². The van der Waals surface area contributed by atoms with Crippen LogP contribution in [0.4, 0.5) is 0 Å². The fourth-order valence-corrected chi connectivity index (χ4v) is 1.79. The fourth-order valence-electron chi connectivity index (χ4n) is 1.79. The van der Waals surface area contributed by atoms with Gasteiger partial charge in [0.15, 0.2) is 11.5 Å². The molecule has 0 radical (unpaired) electrons. The van der Waals surface area contributed by atoms with E-state index in [4.69, 9.17) is 9.47 Å². The van der Waals surface area contributed by atoms with E-state index in [0.717, 1.165) is 5.56 Å². The van der Waals surface area contributed by atoms with Crippen LogP contribution in [0.15, 0.2) is 18.2 Å². The average Bonchev–Trinajstić information content (AvgIpc) is 2.44. The summed E-state index contributed by atoms with van der Waals surface area (Å²) in [5.41, 5.74) is 1.06. The van der Waals surface area contributed by atoms with E-state index in [1.807, 2.05) is 25.1 Å². The lowest BCUT2D eigenvalue weighted by atomic mass is 10.1. The zero-order chi connectivity index (χ0) is 15.1. The fraction of sp³-hybridized carbons (Fsp3) is 0.562. The van der Waals surface area contributed by atoms with E-state index in [0.29, 0.717) is 30.3 Å². The molecule has 4 nitrogen and oxygen atoms in total. The van der Waals surface area contributed by atoms with Gasteiger partial charge in [-0.3, -0.25) is 4.79 Å². The second-order valence-electron chi connectivity index (χ2n) is 5.29. The first kappa shape index (κ1) is 16.3. The molecule has 0 bridgehead atoms. The van der Waals surface area contributed by atoms with Gasteiger partial charge in [-0.1, -0.05) is 19.9 Å². The van der Waals surface area contributed by atoms with Crippen LogP contribution < -0.4 is 14.8 Å². The molecule has 0 aliphatic rings. The first-order valence-corrected chi connectivity index (χ1v) is 6.98. The molecule has 1 aromatic rings. The smallest absolute Gasteiger partial charge is 0.220 e. The van der Waals surface area contributed by atoms with Gasteiger partial charge in [0, 0.05) is 12.5 Å². The molecule has 112 valence electrons. The van der Waals surface area contributed by atoms with Crippen LogP contribution in [0.5, 0.6) is 11.5 Å². The number of ether oxygens (including phenoxy) is 2. The molecular formula is C16H25NO3. The first-order chi connectivity index (χ1) is 9.47. The lowest BCUT2D eigenvalue weighted by molar-refractivity contribution is -0.121. The maximum absolute atomic E-state index is 11.8. The Kier molecular flexibility index (Phi) is 6.36. The summed E-state index contributed by atoms with van der Waals surface area (Å²) in [6.45, 7) is 6.22. The van der Waals surface area contributed by atoms with Gasteiger partial charge in [-0.2, -0.15) is 0 Å². The third kappa shape index (κ3) is 4.76. The number of aryl methyl sites for hydroxylation is 1. The van der Waals surface area contributed by atoms with Gasteiger partial charge in [0.25, 0.3) is 0 Å². The summed E-state index contributed by atoms with van der Waals surface area (Å²) < 4.78 is 10.4. The summed E-state index contributed by atoms with van der Waals surface area (Å²) in [4.78, 5) is 11.8. The number of methoxy groups -OCH3 is 2. The molecule has 0 saturated carbocycles. The van der Waals surface area contributed by atoms with Crippen LogP contribution in [-0.4, -0.2) is 26.2 Å². The van der Waals surface area contributed by atoms with Gasteiger partial charge >= 0.3 is 0 Å². The highest BCUT2D eigenvalue weighted by Crippen LogP contribution is 2.27. The third-order valence-electron chi connectivity index (χ3n) is 3.48. The minimum absolute atomic E-state index is 0.0842. The Bertz CT molecular complexity index is 443. The number of hydrogen-bond acceptors (Lipinski definition) is 3. The molecule has 1 unspecified atom stereocenters. The minimum Gasteiger partial charge on any atom is -0.493 e. The topological polar surface area (TPSA) is 47.6 Å². The zero-order valence-electron chi connectivity index (χ0n) is 13.0. The Balaban J connectivity index is 2.55. The monoisotopic (exact) mass is 279 g/mol. The van der Waals surface area contributed by atoms with Crippen molar-refractivity contribution in [2.45, 2.75) is 39.7 Å².